The van der Waals surface area contributed by atoms with Crippen LogP contribution in [0.1, 0.15) is 23.8 Å². The number of furan rings is 1. The van der Waals surface area contributed by atoms with Crippen molar-refractivity contribution in [3.8, 4) is 0 Å². The molecule has 1 fully saturated rings. The van der Waals surface area contributed by atoms with Gasteiger partial charge in [-0.15, -0.1) is 0 Å². The molecule has 148 valence electrons. The van der Waals surface area contributed by atoms with Crippen molar-refractivity contribution in [3.63, 3.8) is 0 Å². The Morgan fingerprint density at radius 1 is 1.24 bits per heavy atom. The number of halogens is 1. The Bertz CT molecular complexity index is 1040. The van der Waals surface area contributed by atoms with Gasteiger partial charge in [-0.2, -0.15) is 0 Å². The van der Waals surface area contributed by atoms with Crippen molar-refractivity contribution in [2.45, 2.75) is 19.0 Å². The molecule has 1 atom stereocenters. The van der Waals surface area contributed by atoms with Gasteiger partial charge in [0.1, 0.15) is 30.0 Å². The summed E-state index contributed by atoms with van der Waals surface area (Å²) in [4.78, 5) is 30.0. The standard InChI is InChI=1S/C21H18ClN3O4/c22-15-6-4-14(5-7-15)19(26)17-18(16-3-1-12-29-16)25(21(28)20(17)27)10-2-9-24-11-8-23-13-24/h1,3-8,11-13,18H,2,9-10H2,(H,26,27)/p+1. The van der Waals surface area contributed by atoms with Gasteiger partial charge < -0.3 is 14.4 Å². The van der Waals surface area contributed by atoms with Gasteiger partial charge in [0.25, 0.3) is 11.7 Å². The number of carbonyl (C=O) groups excluding carboxylic acids is 2. The van der Waals surface area contributed by atoms with Gasteiger partial charge in [0.15, 0.2) is 0 Å². The highest BCUT2D eigenvalue weighted by atomic mass is 35.5. The number of carbonyl (C=O) groups is 2. The SMILES string of the molecule is O=C1C(=O)N(CCC[n+]2cc[nH]c2)C(c2ccco2)/C1=C(\O)c1ccc(Cl)cc1. The van der Waals surface area contributed by atoms with E-state index in [1.165, 1.54) is 11.2 Å². The van der Waals surface area contributed by atoms with Crippen LogP contribution in [0.2, 0.25) is 5.02 Å². The molecule has 1 aliphatic heterocycles. The van der Waals surface area contributed by atoms with E-state index in [2.05, 4.69) is 4.98 Å². The molecule has 29 heavy (non-hydrogen) atoms. The zero-order valence-corrected chi connectivity index (χ0v) is 16.2. The molecule has 1 saturated heterocycles. The van der Waals surface area contributed by atoms with Gasteiger partial charge in [-0.05, 0) is 36.4 Å². The van der Waals surface area contributed by atoms with Crippen LogP contribution >= 0.6 is 11.6 Å². The number of imidazole rings is 1. The minimum Gasteiger partial charge on any atom is -0.507 e. The number of ketones is 1. The number of aliphatic hydroxyl groups is 1. The molecule has 1 aliphatic rings. The lowest BCUT2D eigenvalue weighted by Crippen LogP contribution is -2.35. The zero-order valence-electron chi connectivity index (χ0n) is 15.4. The van der Waals surface area contributed by atoms with Gasteiger partial charge in [0.05, 0.1) is 18.4 Å². The van der Waals surface area contributed by atoms with E-state index < -0.39 is 17.7 Å². The van der Waals surface area contributed by atoms with Crippen LogP contribution in [0.3, 0.4) is 0 Å². The van der Waals surface area contributed by atoms with Gasteiger partial charge in [0, 0.05) is 23.6 Å². The average molecular weight is 413 g/mol. The fourth-order valence-electron chi connectivity index (χ4n) is 3.50. The second-order valence-electron chi connectivity index (χ2n) is 6.72. The Kier molecular flexibility index (Phi) is 5.22. The number of hydrogen-bond acceptors (Lipinski definition) is 4. The fraction of sp³-hybridized carbons (Fsp3) is 0.190. The maximum absolute atomic E-state index is 12.8. The van der Waals surface area contributed by atoms with Crippen molar-refractivity contribution in [1.82, 2.24) is 9.88 Å². The molecule has 2 N–H and O–H groups in total. The van der Waals surface area contributed by atoms with Crippen molar-refractivity contribution in [2.75, 3.05) is 6.54 Å². The second-order valence-corrected chi connectivity index (χ2v) is 7.15. The number of H-pyrrole nitrogens is 1. The number of benzene rings is 1. The number of aromatic amines is 1. The summed E-state index contributed by atoms with van der Waals surface area (Å²) in [5.74, 6) is -1.20. The van der Waals surface area contributed by atoms with Gasteiger partial charge in [-0.1, -0.05) is 11.6 Å². The van der Waals surface area contributed by atoms with E-state index in [4.69, 9.17) is 16.0 Å². The minimum atomic E-state index is -0.781. The number of amides is 1. The molecule has 0 bridgehead atoms. The number of Topliss-reactive ketones (excluding diaryl/α,β-unsaturated/α-hetero) is 1. The third-order valence-corrected chi connectivity index (χ3v) is 5.14. The largest absolute Gasteiger partial charge is 0.507 e. The predicted octanol–water partition coefficient (Wildman–Crippen LogP) is 3.06. The molecule has 8 heteroatoms. The zero-order chi connectivity index (χ0) is 20.4. The van der Waals surface area contributed by atoms with Crippen LogP contribution in [0.15, 0.2) is 71.4 Å². The highest BCUT2D eigenvalue weighted by Gasteiger charge is 2.47. The molecule has 0 aliphatic carbocycles. The lowest BCUT2D eigenvalue weighted by atomic mass is 9.99. The summed E-state index contributed by atoms with van der Waals surface area (Å²) < 4.78 is 7.46. The number of nitrogens with one attached hydrogen (secondary N) is 1. The van der Waals surface area contributed by atoms with Crippen molar-refractivity contribution >= 4 is 29.1 Å². The summed E-state index contributed by atoms with van der Waals surface area (Å²) in [5, 5.41) is 11.4. The smallest absolute Gasteiger partial charge is 0.295 e. The monoisotopic (exact) mass is 412 g/mol. The predicted molar refractivity (Wildman–Crippen MR) is 105 cm³/mol. The lowest BCUT2D eigenvalue weighted by molar-refractivity contribution is -0.695. The maximum atomic E-state index is 12.8. The van der Waals surface area contributed by atoms with E-state index in [0.29, 0.717) is 35.9 Å². The Morgan fingerprint density at radius 3 is 2.69 bits per heavy atom. The van der Waals surface area contributed by atoms with Crippen molar-refractivity contribution < 1.29 is 23.7 Å². The highest BCUT2D eigenvalue weighted by Crippen LogP contribution is 2.39. The van der Waals surface area contributed by atoms with Crippen LogP contribution in [0, 0.1) is 0 Å². The van der Waals surface area contributed by atoms with E-state index in [9.17, 15) is 14.7 Å². The summed E-state index contributed by atoms with van der Waals surface area (Å²) >= 11 is 5.91. The van der Waals surface area contributed by atoms with Crippen molar-refractivity contribution in [1.29, 1.82) is 0 Å². The highest BCUT2D eigenvalue weighted by molar-refractivity contribution is 6.46. The van der Waals surface area contributed by atoms with Gasteiger partial charge in [-0.25, -0.2) is 4.57 Å². The van der Waals surface area contributed by atoms with E-state index in [1.807, 2.05) is 17.1 Å². The first-order valence-corrected chi connectivity index (χ1v) is 9.53. The molecule has 2 aromatic heterocycles. The van der Waals surface area contributed by atoms with Crippen LogP contribution in [0.25, 0.3) is 5.76 Å². The Labute approximate surface area is 171 Å². The molecule has 3 aromatic rings. The van der Waals surface area contributed by atoms with Crippen LogP contribution in [0.4, 0.5) is 0 Å². The molecule has 1 unspecified atom stereocenters. The topological polar surface area (TPSA) is 90.4 Å². The summed E-state index contributed by atoms with van der Waals surface area (Å²) in [6.07, 6.45) is 7.62. The van der Waals surface area contributed by atoms with Crippen LogP contribution in [0.5, 0.6) is 0 Å². The summed E-state index contributed by atoms with van der Waals surface area (Å²) in [5.41, 5.74) is 0.424. The molecule has 4 rings (SSSR count). The minimum absolute atomic E-state index is 0.0153. The molecule has 1 aromatic carbocycles. The molecular formula is C21H19ClN3O4+. The number of nitrogens with zero attached hydrogens (tertiary/aromatic N) is 2. The number of aliphatic hydroxyl groups excluding tert-OH is 1. The van der Waals surface area contributed by atoms with Crippen molar-refractivity contribution in [3.05, 3.63) is 83.3 Å². The van der Waals surface area contributed by atoms with Crippen molar-refractivity contribution in [2.24, 2.45) is 0 Å². The third kappa shape index (κ3) is 3.69. The average Bonchev–Trinajstić information content (AvgIpc) is 3.46. The number of hydrogen-bond donors (Lipinski definition) is 2. The molecule has 0 spiro atoms. The summed E-state index contributed by atoms with van der Waals surface area (Å²) in [6.45, 7) is 1.01. The molecule has 7 nitrogen and oxygen atoms in total. The Hall–Kier alpha value is -3.32. The number of likely N-dealkylation sites (tertiary alicyclic amines) is 1. The quantitative estimate of drug-likeness (QED) is 0.282. The fourth-order valence-corrected chi connectivity index (χ4v) is 3.63. The number of aryl methyl sites for hydroxylation is 1. The van der Waals surface area contributed by atoms with Crippen LogP contribution < -0.4 is 4.57 Å². The normalized spacial score (nSPS) is 18.5. The Morgan fingerprint density at radius 2 is 2.03 bits per heavy atom. The number of rotatable bonds is 6. The third-order valence-electron chi connectivity index (χ3n) is 4.89. The molecule has 3 heterocycles. The van der Waals surface area contributed by atoms with E-state index in [-0.39, 0.29) is 11.3 Å². The first-order chi connectivity index (χ1) is 14.1. The lowest BCUT2D eigenvalue weighted by Gasteiger charge is -2.22. The van der Waals surface area contributed by atoms with Gasteiger partial charge in [0.2, 0.25) is 6.33 Å². The summed E-state index contributed by atoms with van der Waals surface area (Å²) in [6, 6.07) is 9.04. The molecule has 1 amide bonds. The maximum Gasteiger partial charge on any atom is 0.295 e. The van der Waals surface area contributed by atoms with Crippen LogP contribution in [-0.2, 0) is 16.1 Å². The van der Waals surface area contributed by atoms with E-state index in [1.54, 1.807) is 42.6 Å². The first-order valence-electron chi connectivity index (χ1n) is 9.16. The molecular weight excluding hydrogens is 394 g/mol. The first kappa shape index (κ1) is 19.0. The van der Waals surface area contributed by atoms with Gasteiger partial charge in [-0.3, -0.25) is 14.6 Å². The molecule has 0 saturated carbocycles. The summed E-state index contributed by atoms with van der Waals surface area (Å²) in [7, 11) is 0. The van der Waals surface area contributed by atoms with Gasteiger partial charge >= 0.3 is 0 Å². The van der Waals surface area contributed by atoms with E-state index in [0.717, 1.165) is 0 Å². The van der Waals surface area contributed by atoms with Crippen LogP contribution in [-0.4, -0.2) is 33.2 Å². The van der Waals surface area contributed by atoms with E-state index >= 15 is 0 Å². The Balaban J connectivity index is 1.68. The second kappa shape index (κ2) is 7.97. The number of aromatic nitrogens is 2. The molecule has 0 radical (unpaired) electrons.